The van der Waals surface area contributed by atoms with E-state index in [1.54, 1.807) is 0 Å². The Labute approximate surface area is 90.2 Å². The maximum Gasteiger partial charge on any atom is 0.470 e. The highest BCUT2D eigenvalue weighted by atomic mass is 31.2. The summed E-state index contributed by atoms with van der Waals surface area (Å²) >= 11 is 0. The first-order chi connectivity index (χ1) is 7.22. The highest BCUT2D eigenvalue weighted by molar-refractivity contribution is 7.46. The van der Waals surface area contributed by atoms with Crippen LogP contribution in [0, 0.1) is 0 Å². The molecule has 0 radical (unpaired) electrons. The van der Waals surface area contributed by atoms with Gasteiger partial charge in [-0.15, -0.1) is 0 Å². The Morgan fingerprint density at radius 3 is 2.06 bits per heavy atom. The van der Waals surface area contributed by atoms with Crippen molar-refractivity contribution in [2.45, 2.75) is 24.4 Å². The molecule has 0 aromatic heterocycles. The lowest BCUT2D eigenvalue weighted by Crippen LogP contribution is -2.47. The van der Waals surface area contributed by atoms with Gasteiger partial charge in [-0.1, -0.05) is 0 Å². The Morgan fingerprint density at radius 2 is 1.75 bits per heavy atom. The Hall–Kier alpha value is -0.380. The van der Waals surface area contributed by atoms with E-state index in [1.807, 2.05) is 0 Å². The molecule has 4 atom stereocenters. The number of phosphoric acid groups is 1. The van der Waals surface area contributed by atoms with Gasteiger partial charge >= 0.3 is 7.82 Å². The van der Waals surface area contributed by atoms with Crippen molar-refractivity contribution in [1.29, 1.82) is 0 Å². The van der Waals surface area contributed by atoms with Crippen molar-refractivity contribution in [2.75, 3.05) is 6.61 Å². The molecule has 0 unspecified atom stereocenters. The van der Waals surface area contributed by atoms with Crippen molar-refractivity contribution in [2.24, 2.45) is 0 Å². The minimum absolute atomic E-state index is 0.106. The van der Waals surface area contributed by atoms with E-state index in [1.165, 1.54) is 0 Å². The van der Waals surface area contributed by atoms with Crippen LogP contribution in [-0.4, -0.2) is 67.5 Å². The van der Waals surface area contributed by atoms with Crippen molar-refractivity contribution in [3.05, 3.63) is 0 Å². The van der Waals surface area contributed by atoms with E-state index < -0.39 is 38.8 Å². The smallest absolute Gasteiger partial charge is 0.394 e. The molecular weight excluding hydrogens is 247 g/mol. The number of aldehydes is 1. The van der Waals surface area contributed by atoms with Gasteiger partial charge < -0.3 is 35.0 Å². The average molecular weight is 260 g/mol. The molecular formula is C6H13O9P. The summed E-state index contributed by atoms with van der Waals surface area (Å²) in [7, 11) is -5.05. The molecule has 0 amide bonds. The fourth-order valence-corrected chi connectivity index (χ4v) is 1.48. The summed E-state index contributed by atoms with van der Waals surface area (Å²) in [4.78, 5) is 27.0. The Morgan fingerprint density at radius 1 is 1.25 bits per heavy atom. The van der Waals surface area contributed by atoms with Gasteiger partial charge in [0.25, 0.3) is 0 Å². The first-order valence-corrected chi connectivity index (χ1v) is 5.60. The van der Waals surface area contributed by atoms with Gasteiger partial charge in [-0.25, -0.2) is 4.57 Å². The normalized spacial score (nSPS) is 19.9. The number of phosphoric ester groups is 1. The standard InChI is InChI=1S/C6H13O9P/c7-1-3(9)5(11)6(4(10)2-8)15-16(12,13)14/h1,3-6,8-11H,2H2,(H2,12,13,14)/t3-,4+,5+,6-/m0/s1. The van der Waals surface area contributed by atoms with Crippen molar-refractivity contribution in [3.63, 3.8) is 0 Å². The first-order valence-electron chi connectivity index (χ1n) is 4.07. The molecule has 0 aromatic rings. The molecule has 0 saturated carbocycles. The third-order valence-electron chi connectivity index (χ3n) is 1.65. The maximum absolute atomic E-state index is 10.5. The van der Waals surface area contributed by atoms with E-state index >= 15 is 0 Å². The van der Waals surface area contributed by atoms with Crippen molar-refractivity contribution in [1.82, 2.24) is 0 Å². The molecule has 10 heteroatoms. The van der Waals surface area contributed by atoms with Crippen molar-refractivity contribution >= 4 is 14.1 Å². The molecule has 0 aliphatic rings. The zero-order valence-electron chi connectivity index (χ0n) is 7.95. The quantitative estimate of drug-likeness (QED) is 0.203. The molecule has 0 aliphatic carbocycles. The highest BCUT2D eigenvalue weighted by Crippen LogP contribution is 2.39. The molecule has 6 N–H and O–H groups in total. The largest absolute Gasteiger partial charge is 0.470 e. The molecule has 9 nitrogen and oxygen atoms in total. The van der Waals surface area contributed by atoms with Gasteiger partial charge in [-0.05, 0) is 0 Å². The molecule has 0 spiro atoms. The molecule has 0 saturated heterocycles. The van der Waals surface area contributed by atoms with Crippen LogP contribution in [0.4, 0.5) is 0 Å². The van der Waals surface area contributed by atoms with Crippen LogP contribution in [0.1, 0.15) is 0 Å². The van der Waals surface area contributed by atoms with Gasteiger partial charge in [0.05, 0.1) is 6.61 Å². The average Bonchev–Trinajstić information content (AvgIpc) is 2.21. The number of hydrogen-bond donors (Lipinski definition) is 6. The van der Waals surface area contributed by atoms with Crippen LogP contribution in [0.15, 0.2) is 0 Å². The summed E-state index contributed by atoms with van der Waals surface area (Å²) in [5, 5.41) is 35.7. The van der Waals surface area contributed by atoms with E-state index in [2.05, 4.69) is 4.52 Å². The van der Waals surface area contributed by atoms with E-state index in [9.17, 15) is 14.5 Å². The molecule has 16 heavy (non-hydrogen) atoms. The van der Waals surface area contributed by atoms with Gasteiger partial charge in [0.15, 0.2) is 6.29 Å². The lowest BCUT2D eigenvalue weighted by Gasteiger charge is -2.27. The molecule has 96 valence electrons. The highest BCUT2D eigenvalue weighted by Gasteiger charge is 2.37. The topological polar surface area (TPSA) is 165 Å². The lowest BCUT2D eigenvalue weighted by molar-refractivity contribution is -0.134. The summed E-state index contributed by atoms with van der Waals surface area (Å²) in [6.45, 7) is -0.979. The Balaban J connectivity index is 4.79. The van der Waals surface area contributed by atoms with Crippen molar-refractivity contribution < 1.29 is 44.1 Å². The number of carbonyl (C=O) groups is 1. The molecule has 0 rings (SSSR count). The van der Waals surface area contributed by atoms with E-state index in [4.69, 9.17) is 25.1 Å². The fraction of sp³-hybridized carbons (Fsp3) is 0.833. The van der Waals surface area contributed by atoms with Gasteiger partial charge in [0, 0.05) is 0 Å². The van der Waals surface area contributed by atoms with Crippen LogP contribution >= 0.6 is 7.82 Å². The van der Waals surface area contributed by atoms with Crippen LogP contribution in [0.3, 0.4) is 0 Å². The number of aliphatic hydroxyl groups excluding tert-OH is 4. The summed E-state index contributed by atoms with van der Waals surface area (Å²) in [5.41, 5.74) is 0. The molecule has 0 heterocycles. The molecule has 0 fully saturated rings. The molecule has 0 bridgehead atoms. The maximum atomic E-state index is 10.5. The lowest BCUT2D eigenvalue weighted by atomic mass is 10.0. The first kappa shape index (κ1) is 15.6. The summed E-state index contributed by atoms with van der Waals surface area (Å²) in [6.07, 6.45) is -8.04. The van der Waals surface area contributed by atoms with Gasteiger partial charge in [0.2, 0.25) is 0 Å². The second-order valence-electron chi connectivity index (χ2n) is 2.93. The summed E-state index contributed by atoms with van der Waals surface area (Å²) in [6, 6.07) is 0. The Kier molecular flexibility index (Phi) is 6.23. The number of carbonyl (C=O) groups excluding carboxylic acids is 1. The van der Waals surface area contributed by atoms with Crippen LogP contribution in [0.5, 0.6) is 0 Å². The zero-order chi connectivity index (χ0) is 12.9. The van der Waals surface area contributed by atoms with Crippen LogP contribution in [-0.2, 0) is 13.9 Å². The zero-order valence-corrected chi connectivity index (χ0v) is 8.84. The van der Waals surface area contributed by atoms with E-state index in [0.717, 1.165) is 0 Å². The second-order valence-corrected chi connectivity index (χ2v) is 4.12. The van der Waals surface area contributed by atoms with Gasteiger partial charge in [-0.2, -0.15) is 0 Å². The minimum Gasteiger partial charge on any atom is -0.394 e. The third kappa shape index (κ3) is 5.10. The Bertz CT molecular complexity index is 263. The second kappa shape index (κ2) is 6.38. The SMILES string of the molecule is O=C[C@H](O)[C@@H](O)[C@@H](OP(=O)(O)O)[C@H](O)CO. The monoisotopic (exact) mass is 260 g/mol. The predicted molar refractivity (Wildman–Crippen MR) is 48.1 cm³/mol. The van der Waals surface area contributed by atoms with Gasteiger partial charge in [-0.3, -0.25) is 4.52 Å². The van der Waals surface area contributed by atoms with E-state index in [0.29, 0.717) is 0 Å². The molecule has 0 aromatic carbocycles. The number of aliphatic hydroxyl groups is 4. The number of rotatable bonds is 7. The summed E-state index contributed by atoms with van der Waals surface area (Å²) in [5.74, 6) is 0. The molecule has 0 aliphatic heterocycles. The minimum atomic E-state index is -5.05. The fourth-order valence-electron chi connectivity index (χ4n) is 0.897. The predicted octanol–water partition coefficient (Wildman–Crippen LogP) is -3.26. The third-order valence-corrected chi connectivity index (χ3v) is 2.17. The number of hydrogen-bond acceptors (Lipinski definition) is 7. The van der Waals surface area contributed by atoms with Gasteiger partial charge in [0.1, 0.15) is 24.4 Å². The van der Waals surface area contributed by atoms with Crippen LogP contribution < -0.4 is 0 Å². The van der Waals surface area contributed by atoms with Crippen molar-refractivity contribution in [3.8, 4) is 0 Å². The van der Waals surface area contributed by atoms with E-state index in [-0.39, 0.29) is 6.29 Å². The van der Waals surface area contributed by atoms with Crippen LogP contribution in [0.25, 0.3) is 0 Å². The van der Waals surface area contributed by atoms with Crippen LogP contribution in [0.2, 0.25) is 0 Å². The summed E-state index contributed by atoms with van der Waals surface area (Å²) < 4.78 is 14.4.